The van der Waals surface area contributed by atoms with E-state index in [0.29, 0.717) is 0 Å². The van der Waals surface area contributed by atoms with Crippen LogP contribution in [-0.2, 0) is 10.3 Å². The number of hydrogen-bond acceptors (Lipinski definition) is 4. The number of nitrogens with zero attached hydrogens (tertiary/aromatic N) is 1. The minimum absolute atomic E-state index is 0.286. The number of nitrogens with two attached hydrogens (primary N) is 1. The second-order valence-electron chi connectivity index (χ2n) is 4.90. The third-order valence-corrected chi connectivity index (χ3v) is 4.62. The number of benzene rings is 1. The first-order valence-corrected chi connectivity index (χ1v) is 7.71. The Morgan fingerprint density at radius 1 is 1.32 bits per heavy atom. The monoisotopic (exact) mass is 279 g/mol. The SMILES string of the molecule is CSc1ccc(C(C)(C(N)=O)N2CCNCC2)cc1. The largest absolute Gasteiger partial charge is 0.368 e. The molecule has 19 heavy (non-hydrogen) atoms. The van der Waals surface area contributed by atoms with E-state index in [0.717, 1.165) is 31.7 Å². The van der Waals surface area contributed by atoms with E-state index in [1.54, 1.807) is 11.8 Å². The van der Waals surface area contributed by atoms with Crippen LogP contribution in [0, 0.1) is 0 Å². The fourth-order valence-electron chi connectivity index (χ4n) is 2.51. The summed E-state index contributed by atoms with van der Waals surface area (Å²) in [5.74, 6) is -0.286. The maximum atomic E-state index is 12.0. The molecule has 1 aromatic carbocycles. The van der Waals surface area contributed by atoms with Gasteiger partial charge in [0.25, 0.3) is 0 Å². The van der Waals surface area contributed by atoms with Gasteiger partial charge in [0.1, 0.15) is 5.54 Å². The molecule has 3 N–H and O–H groups in total. The summed E-state index contributed by atoms with van der Waals surface area (Å²) in [5.41, 5.74) is 5.95. The van der Waals surface area contributed by atoms with Crippen molar-refractivity contribution >= 4 is 17.7 Å². The number of carbonyl (C=O) groups excluding carboxylic acids is 1. The molecular formula is C14H21N3OS. The number of hydrogen-bond donors (Lipinski definition) is 2. The van der Waals surface area contributed by atoms with E-state index in [4.69, 9.17) is 5.73 Å². The van der Waals surface area contributed by atoms with Crippen molar-refractivity contribution in [2.24, 2.45) is 5.73 Å². The lowest BCUT2D eigenvalue weighted by Gasteiger charge is -2.41. The van der Waals surface area contributed by atoms with E-state index in [1.165, 1.54) is 4.90 Å². The van der Waals surface area contributed by atoms with Gasteiger partial charge in [-0.3, -0.25) is 9.69 Å². The Kier molecular flexibility index (Phi) is 4.50. The van der Waals surface area contributed by atoms with Gasteiger partial charge in [-0.25, -0.2) is 0 Å². The van der Waals surface area contributed by atoms with Crippen LogP contribution in [0.25, 0.3) is 0 Å². The molecule has 1 aliphatic heterocycles. The van der Waals surface area contributed by atoms with E-state index < -0.39 is 5.54 Å². The fourth-order valence-corrected chi connectivity index (χ4v) is 2.92. The summed E-state index contributed by atoms with van der Waals surface area (Å²) in [6.07, 6.45) is 2.04. The first-order chi connectivity index (χ1) is 9.09. The molecular weight excluding hydrogens is 258 g/mol. The Hall–Kier alpha value is -1.04. The summed E-state index contributed by atoms with van der Waals surface area (Å²) < 4.78 is 0. The Balaban J connectivity index is 2.33. The van der Waals surface area contributed by atoms with Crippen LogP contribution in [0.15, 0.2) is 29.2 Å². The van der Waals surface area contributed by atoms with E-state index in [9.17, 15) is 4.79 Å². The van der Waals surface area contributed by atoms with E-state index in [-0.39, 0.29) is 5.91 Å². The molecule has 0 aromatic heterocycles. The van der Waals surface area contributed by atoms with E-state index in [2.05, 4.69) is 10.2 Å². The normalized spacial score (nSPS) is 19.9. The topological polar surface area (TPSA) is 58.4 Å². The van der Waals surface area contributed by atoms with E-state index >= 15 is 0 Å². The van der Waals surface area contributed by atoms with Gasteiger partial charge in [0.2, 0.25) is 5.91 Å². The highest BCUT2D eigenvalue weighted by atomic mass is 32.2. The first-order valence-electron chi connectivity index (χ1n) is 6.49. The zero-order chi connectivity index (χ0) is 13.9. The zero-order valence-electron chi connectivity index (χ0n) is 11.5. The standard InChI is InChI=1S/C14H21N3OS/c1-14(13(15)18,17-9-7-16-8-10-17)11-3-5-12(19-2)6-4-11/h3-6,16H,7-10H2,1-2H3,(H2,15,18). The summed E-state index contributed by atoms with van der Waals surface area (Å²) in [4.78, 5) is 15.4. The van der Waals surface area contributed by atoms with Crippen molar-refractivity contribution < 1.29 is 4.79 Å². The molecule has 0 saturated carbocycles. The van der Waals surface area contributed by atoms with Gasteiger partial charge in [0, 0.05) is 31.1 Å². The molecule has 1 unspecified atom stereocenters. The third-order valence-electron chi connectivity index (χ3n) is 3.88. The van der Waals surface area contributed by atoms with Crippen molar-refractivity contribution in [1.82, 2.24) is 10.2 Å². The summed E-state index contributed by atoms with van der Waals surface area (Å²) in [7, 11) is 0. The van der Waals surface area contributed by atoms with Crippen molar-refractivity contribution in [3.63, 3.8) is 0 Å². The molecule has 1 atom stereocenters. The predicted octanol–water partition coefficient (Wildman–Crippen LogP) is 1.01. The zero-order valence-corrected chi connectivity index (χ0v) is 12.3. The average Bonchev–Trinajstić information content (AvgIpc) is 2.47. The maximum absolute atomic E-state index is 12.0. The number of nitrogens with one attached hydrogen (secondary N) is 1. The number of rotatable bonds is 4. The van der Waals surface area contributed by atoms with Crippen molar-refractivity contribution in [3.05, 3.63) is 29.8 Å². The van der Waals surface area contributed by atoms with Gasteiger partial charge in [-0.05, 0) is 30.9 Å². The van der Waals surface area contributed by atoms with Crippen molar-refractivity contribution in [2.45, 2.75) is 17.4 Å². The molecule has 2 rings (SSSR count). The number of carbonyl (C=O) groups is 1. The van der Waals surface area contributed by atoms with Crippen molar-refractivity contribution in [3.8, 4) is 0 Å². The van der Waals surface area contributed by atoms with Crippen molar-refractivity contribution in [2.75, 3.05) is 32.4 Å². The first kappa shape index (κ1) is 14.4. The summed E-state index contributed by atoms with van der Waals surface area (Å²) in [5, 5.41) is 3.30. The molecule has 5 heteroatoms. The minimum atomic E-state index is -0.723. The Bertz CT molecular complexity index is 443. The van der Waals surface area contributed by atoms with Crippen LogP contribution < -0.4 is 11.1 Å². The summed E-state index contributed by atoms with van der Waals surface area (Å²) in [6.45, 7) is 5.39. The lowest BCUT2D eigenvalue weighted by molar-refractivity contribution is -0.130. The van der Waals surface area contributed by atoms with E-state index in [1.807, 2.05) is 37.4 Å². The molecule has 0 radical (unpaired) electrons. The number of thioether (sulfide) groups is 1. The molecule has 1 saturated heterocycles. The van der Waals surface area contributed by atoms with Crippen molar-refractivity contribution in [1.29, 1.82) is 0 Å². The molecule has 1 amide bonds. The van der Waals surface area contributed by atoms with Crippen LogP contribution >= 0.6 is 11.8 Å². The molecule has 0 aliphatic carbocycles. The van der Waals surface area contributed by atoms with Crippen LogP contribution in [0.3, 0.4) is 0 Å². The average molecular weight is 279 g/mol. The lowest BCUT2D eigenvalue weighted by atomic mass is 9.88. The minimum Gasteiger partial charge on any atom is -0.368 e. The molecule has 0 bridgehead atoms. The lowest BCUT2D eigenvalue weighted by Crippen LogP contribution is -2.58. The number of amides is 1. The number of primary amides is 1. The van der Waals surface area contributed by atoms with Gasteiger partial charge >= 0.3 is 0 Å². The van der Waals surface area contributed by atoms with Crippen LogP contribution in [0.2, 0.25) is 0 Å². The molecule has 0 spiro atoms. The molecule has 1 fully saturated rings. The van der Waals surface area contributed by atoms with Crippen LogP contribution in [0.4, 0.5) is 0 Å². The molecule has 1 aliphatic rings. The Morgan fingerprint density at radius 2 is 1.89 bits per heavy atom. The highest BCUT2D eigenvalue weighted by Crippen LogP contribution is 2.29. The van der Waals surface area contributed by atoms with Crippen LogP contribution in [0.5, 0.6) is 0 Å². The smallest absolute Gasteiger partial charge is 0.242 e. The van der Waals surface area contributed by atoms with Gasteiger partial charge in [-0.15, -0.1) is 11.8 Å². The maximum Gasteiger partial charge on any atom is 0.242 e. The van der Waals surface area contributed by atoms with Gasteiger partial charge in [-0.2, -0.15) is 0 Å². The predicted molar refractivity (Wildman–Crippen MR) is 79.2 cm³/mol. The van der Waals surface area contributed by atoms with Crippen LogP contribution in [0.1, 0.15) is 12.5 Å². The second kappa shape index (κ2) is 5.94. The molecule has 104 valence electrons. The second-order valence-corrected chi connectivity index (χ2v) is 5.78. The van der Waals surface area contributed by atoms with Gasteiger partial charge in [-0.1, -0.05) is 12.1 Å². The molecule has 1 aromatic rings. The number of piperazine rings is 1. The highest BCUT2D eigenvalue weighted by Gasteiger charge is 2.39. The highest BCUT2D eigenvalue weighted by molar-refractivity contribution is 7.98. The van der Waals surface area contributed by atoms with Crippen LogP contribution in [-0.4, -0.2) is 43.2 Å². The fraction of sp³-hybridized carbons (Fsp3) is 0.500. The van der Waals surface area contributed by atoms with Gasteiger partial charge in [0.05, 0.1) is 0 Å². The summed E-state index contributed by atoms with van der Waals surface area (Å²) >= 11 is 1.69. The Labute approximate surface area is 118 Å². The quantitative estimate of drug-likeness (QED) is 0.808. The molecule has 1 heterocycles. The summed E-state index contributed by atoms with van der Waals surface area (Å²) in [6, 6.07) is 8.12. The van der Waals surface area contributed by atoms with Gasteiger partial charge < -0.3 is 11.1 Å². The Morgan fingerprint density at radius 3 is 2.37 bits per heavy atom. The van der Waals surface area contributed by atoms with Gasteiger partial charge in [0.15, 0.2) is 0 Å². The molecule has 4 nitrogen and oxygen atoms in total. The third kappa shape index (κ3) is 2.78.